The summed E-state index contributed by atoms with van der Waals surface area (Å²) in [6.07, 6.45) is 1.67. The number of benzene rings is 2. The maximum Gasteiger partial charge on any atom is 0.266 e. The number of anilines is 1. The van der Waals surface area contributed by atoms with Crippen molar-refractivity contribution in [3.8, 4) is 0 Å². The lowest BCUT2D eigenvalue weighted by Crippen LogP contribution is -2.27. The van der Waals surface area contributed by atoms with Crippen LogP contribution in [0, 0.1) is 5.92 Å². The van der Waals surface area contributed by atoms with Crippen molar-refractivity contribution in [3.05, 3.63) is 69.0 Å². The SMILES string of the molecule is CC1=NN(c2ccccc2)C(=O)[C@H]1/C=C1\SC(=Nc2ccc(Br)c(Cl)c2)N(C)C1=O. The lowest BCUT2D eigenvalue weighted by atomic mass is 10.0. The topological polar surface area (TPSA) is 65.3 Å². The van der Waals surface area contributed by atoms with Crippen LogP contribution in [-0.4, -0.2) is 34.6 Å². The van der Waals surface area contributed by atoms with Crippen LogP contribution in [0.5, 0.6) is 0 Å². The molecule has 0 aliphatic carbocycles. The van der Waals surface area contributed by atoms with E-state index in [2.05, 4.69) is 26.0 Å². The Morgan fingerprint density at radius 3 is 2.63 bits per heavy atom. The van der Waals surface area contributed by atoms with Crippen LogP contribution in [0.1, 0.15) is 6.92 Å². The van der Waals surface area contributed by atoms with E-state index < -0.39 is 5.92 Å². The van der Waals surface area contributed by atoms with E-state index >= 15 is 0 Å². The number of thioether (sulfide) groups is 1. The summed E-state index contributed by atoms with van der Waals surface area (Å²) in [6, 6.07) is 14.5. The zero-order valence-corrected chi connectivity index (χ0v) is 19.2. The van der Waals surface area contributed by atoms with E-state index in [4.69, 9.17) is 11.6 Å². The number of hydrogen-bond donors (Lipinski definition) is 0. The standard InChI is InChI=1S/C21H16BrClN4O2S/c1-12-15(19(28)27(25-12)14-6-4-3-5-7-14)11-18-20(29)26(2)21(30-18)24-13-8-9-16(22)17(23)10-13/h3-11,15H,1-2H3/b18-11-,24-21?/t15-/m0/s1. The van der Waals surface area contributed by atoms with Gasteiger partial charge in [0.2, 0.25) is 0 Å². The molecule has 2 aromatic rings. The number of aliphatic imine (C=N–C) groups is 1. The fourth-order valence-corrected chi connectivity index (χ4v) is 4.43. The average molecular weight is 504 g/mol. The molecule has 2 heterocycles. The Kier molecular flexibility index (Phi) is 5.81. The van der Waals surface area contributed by atoms with Crippen molar-refractivity contribution < 1.29 is 9.59 Å². The number of amidine groups is 1. The molecule has 0 radical (unpaired) electrons. The third-order valence-corrected chi connectivity index (χ3v) is 6.94. The predicted octanol–water partition coefficient (Wildman–Crippen LogP) is 5.22. The van der Waals surface area contributed by atoms with Crippen LogP contribution < -0.4 is 5.01 Å². The van der Waals surface area contributed by atoms with E-state index in [1.165, 1.54) is 21.7 Å². The summed E-state index contributed by atoms with van der Waals surface area (Å²) in [6.45, 7) is 1.79. The fourth-order valence-electron chi connectivity index (χ4n) is 3.01. The number of halogens is 2. The largest absolute Gasteiger partial charge is 0.290 e. The summed E-state index contributed by atoms with van der Waals surface area (Å²) in [4.78, 5) is 32.1. The van der Waals surface area contributed by atoms with E-state index in [0.29, 0.717) is 32.2 Å². The van der Waals surface area contributed by atoms with Crippen molar-refractivity contribution in [1.82, 2.24) is 4.90 Å². The Morgan fingerprint density at radius 1 is 1.20 bits per heavy atom. The predicted molar refractivity (Wildman–Crippen MR) is 125 cm³/mol. The minimum atomic E-state index is -0.591. The molecular weight excluding hydrogens is 488 g/mol. The smallest absolute Gasteiger partial charge is 0.266 e. The van der Waals surface area contributed by atoms with E-state index in [1.54, 1.807) is 38.2 Å². The maximum absolute atomic E-state index is 12.9. The Bertz CT molecular complexity index is 1130. The van der Waals surface area contributed by atoms with E-state index in [1.807, 2.05) is 30.3 Å². The molecule has 1 saturated heterocycles. The van der Waals surface area contributed by atoms with Gasteiger partial charge in [-0.2, -0.15) is 10.1 Å². The van der Waals surface area contributed by atoms with Gasteiger partial charge in [0.25, 0.3) is 11.8 Å². The minimum absolute atomic E-state index is 0.188. The lowest BCUT2D eigenvalue weighted by molar-refractivity contribution is -0.121. The zero-order valence-electron chi connectivity index (χ0n) is 16.0. The maximum atomic E-state index is 12.9. The molecule has 2 aromatic carbocycles. The van der Waals surface area contributed by atoms with Gasteiger partial charge < -0.3 is 0 Å². The van der Waals surface area contributed by atoms with Gasteiger partial charge in [-0.1, -0.05) is 29.8 Å². The van der Waals surface area contributed by atoms with Gasteiger partial charge in [0.1, 0.15) is 0 Å². The highest BCUT2D eigenvalue weighted by molar-refractivity contribution is 9.10. The molecule has 2 amide bonds. The zero-order chi connectivity index (χ0) is 21.4. The highest BCUT2D eigenvalue weighted by Crippen LogP contribution is 2.35. The lowest BCUT2D eigenvalue weighted by Gasteiger charge is -2.12. The molecule has 30 heavy (non-hydrogen) atoms. The second-order valence-corrected chi connectivity index (χ2v) is 8.97. The molecular formula is C21H16BrClN4O2S. The third-order valence-electron chi connectivity index (χ3n) is 4.63. The molecule has 0 bridgehead atoms. The molecule has 2 aliphatic rings. The molecule has 9 heteroatoms. The molecule has 1 fully saturated rings. The normalized spacial score (nSPS) is 21.9. The second-order valence-electron chi connectivity index (χ2n) is 6.69. The summed E-state index contributed by atoms with van der Waals surface area (Å²) < 4.78 is 0.773. The van der Waals surface area contributed by atoms with Crippen LogP contribution in [0.3, 0.4) is 0 Å². The van der Waals surface area contributed by atoms with Crippen LogP contribution in [0.15, 0.2) is 74.1 Å². The molecule has 0 saturated carbocycles. The molecule has 2 aliphatic heterocycles. The first-order valence-electron chi connectivity index (χ1n) is 9.00. The van der Waals surface area contributed by atoms with E-state index in [9.17, 15) is 9.59 Å². The van der Waals surface area contributed by atoms with Crippen LogP contribution in [0.25, 0.3) is 0 Å². The van der Waals surface area contributed by atoms with Gasteiger partial charge in [-0.15, -0.1) is 0 Å². The Balaban J connectivity index is 1.59. The molecule has 4 rings (SSSR count). The number of rotatable bonds is 3. The summed E-state index contributed by atoms with van der Waals surface area (Å²) in [7, 11) is 1.66. The van der Waals surface area contributed by atoms with Crippen molar-refractivity contribution in [2.24, 2.45) is 16.0 Å². The fraction of sp³-hybridized carbons (Fsp3) is 0.143. The van der Waals surface area contributed by atoms with Crippen LogP contribution in [0.4, 0.5) is 11.4 Å². The summed E-state index contributed by atoms with van der Waals surface area (Å²) >= 11 is 10.7. The molecule has 0 aromatic heterocycles. The van der Waals surface area contributed by atoms with Gasteiger partial charge in [-0.25, -0.2) is 4.99 Å². The van der Waals surface area contributed by atoms with Gasteiger partial charge in [0, 0.05) is 11.5 Å². The molecule has 0 unspecified atom stereocenters. The monoisotopic (exact) mass is 502 g/mol. The van der Waals surface area contributed by atoms with Gasteiger partial charge in [-0.05, 0) is 71.0 Å². The molecule has 6 nitrogen and oxygen atoms in total. The number of carbonyl (C=O) groups is 2. The van der Waals surface area contributed by atoms with Crippen LogP contribution in [-0.2, 0) is 9.59 Å². The molecule has 0 spiro atoms. The van der Waals surface area contributed by atoms with Crippen molar-refractivity contribution in [1.29, 1.82) is 0 Å². The Hall–Kier alpha value is -2.42. The minimum Gasteiger partial charge on any atom is -0.290 e. The number of nitrogens with zero attached hydrogens (tertiary/aromatic N) is 4. The molecule has 0 N–H and O–H groups in total. The average Bonchev–Trinajstić information content (AvgIpc) is 3.17. The van der Waals surface area contributed by atoms with Crippen molar-refractivity contribution >= 4 is 73.4 Å². The van der Waals surface area contributed by atoms with Crippen molar-refractivity contribution in [2.75, 3.05) is 12.1 Å². The van der Waals surface area contributed by atoms with E-state index in [-0.39, 0.29) is 11.8 Å². The summed E-state index contributed by atoms with van der Waals surface area (Å²) in [5, 5.41) is 6.82. The molecule has 152 valence electrons. The van der Waals surface area contributed by atoms with Crippen molar-refractivity contribution in [2.45, 2.75) is 6.92 Å². The Morgan fingerprint density at radius 2 is 1.93 bits per heavy atom. The van der Waals surface area contributed by atoms with E-state index in [0.717, 1.165) is 4.47 Å². The number of hydrogen-bond acceptors (Lipinski definition) is 5. The first-order chi connectivity index (χ1) is 14.3. The number of hydrazone groups is 1. The van der Waals surface area contributed by atoms with Gasteiger partial charge in [-0.3, -0.25) is 14.5 Å². The number of carbonyl (C=O) groups excluding carboxylic acids is 2. The van der Waals surface area contributed by atoms with Gasteiger partial charge in [0.05, 0.1) is 32.9 Å². The highest BCUT2D eigenvalue weighted by atomic mass is 79.9. The Labute approximate surface area is 191 Å². The first-order valence-corrected chi connectivity index (χ1v) is 11.0. The second kappa shape index (κ2) is 8.37. The number of para-hydroxylation sites is 1. The number of amides is 2. The van der Waals surface area contributed by atoms with Gasteiger partial charge in [0.15, 0.2) is 5.17 Å². The summed E-state index contributed by atoms with van der Waals surface area (Å²) in [5.41, 5.74) is 1.97. The van der Waals surface area contributed by atoms with Crippen LogP contribution in [0.2, 0.25) is 5.02 Å². The summed E-state index contributed by atoms with van der Waals surface area (Å²) in [5.74, 6) is -0.986. The van der Waals surface area contributed by atoms with Crippen molar-refractivity contribution in [3.63, 3.8) is 0 Å². The quantitative estimate of drug-likeness (QED) is 0.540. The third kappa shape index (κ3) is 3.95. The number of likely N-dealkylation sites (N-methyl/N-ethyl adjacent to an activating group) is 1. The van der Waals surface area contributed by atoms with Crippen LogP contribution >= 0.6 is 39.3 Å². The molecule has 1 atom stereocenters. The van der Waals surface area contributed by atoms with Gasteiger partial charge >= 0.3 is 0 Å². The highest BCUT2D eigenvalue weighted by Gasteiger charge is 2.37. The first kappa shape index (κ1) is 20.8.